The van der Waals surface area contributed by atoms with Crippen LogP contribution in [0.2, 0.25) is 0 Å². The van der Waals surface area contributed by atoms with Crippen LogP contribution in [0.3, 0.4) is 0 Å². The number of nitrogens with zero attached hydrogens (tertiary/aromatic N) is 2. The Kier molecular flexibility index (Phi) is 7.40. The third kappa shape index (κ3) is 5.54. The zero-order chi connectivity index (χ0) is 18.2. The molecule has 1 aromatic rings. The number of likely N-dealkylation sites (N-methyl/N-ethyl adjacent to an activating group) is 1. The maximum Gasteiger partial charge on any atom is 0.290 e. The number of benzene rings is 1. The third-order valence-corrected chi connectivity index (χ3v) is 4.88. The number of carbonyl (C=O) groups is 2. The molecule has 6 heteroatoms. The minimum atomic E-state index is -0.250. The van der Waals surface area contributed by atoms with E-state index in [9.17, 15) is 4.79 Å². The number of carboxylic acid groups (broad SMARTS) is 1. The van der Waals surface area contributed by atoms with E-state index in [4.69, 9.17) is 14.6 Å². The molecule has 0 aromatic heterocycles. The lowest BCUT2D eigenvalue weighted by atomic mass is 10.1. The first kappa shape index (κ1) is 19.4. The summed E-state index contributed by atoms with van der Waals surface area (Å²) in [5.41, 5.74) is 2.43. The monoisotopic (exact) mass is 348 g/mol. The number of aryl methyl sites for hydroxylation is 1. The van der Waals surface area contributed by atoms with Crippen molar-refractivity contribution in [1.29, 1.82) is 0 Å². The number of hydrogen-bond acceptors (Lipinski definition) is 4. The second-order valence-electron chi connectivity index (χ2n) is 6.75. The Labute approximate surface area is 149 Å². The van der Waals surface area contributed by atoms with E-state index in [0.717, 1.165) is 44.8 Å². The summed E-state index contributed by atoms with van der Waals surface area (Å²) in [4.78, 5) is 25.4. The van der Waals surface area contributed by atoms with Crippen molar-refractivity contribution in [3.63, 3.8) is 0 Å². The van der Waals surface area contributed by atoms with E-state index in [1.807, 2.05) is 0 Å². The zero-order valence-corrected chi connectivity index (χ0v) is 15.1. The van der Waals surface area contributed by atoms with Gasteiger partial charge in [-0.05, 0) is 24.6 Å². The molecule has 0 spiro atoms. The van der Waals surface area contributed by atoms with Crippen LogP contribution in [-0.2, 0) is 27.2 Å². The fourth-order valence-corrected chi connectivity index (χ4v) is 3.43. The van der Waals surface area contributed by atoms with Gasteiger partial charge in [0.1, 0.15) is 0 Å². The van der Waals surface area contributed by atoms with Crippen molar-refractivity contribution in [3.8, 4) is 0 Å². The van der Waals surface area contributed by atoms with Crippen molar-refractivity contribution < 1.29 is 19.4 Å². The molecule has 2 aliphatic rings. The summed E-state index contributed by atoms with van der Waals surface area (Å²) < 4.78 is 5.72. The SMILES string of the molecule is CCc1ccc(CC(=O)N2C[C@@H]3COC[C@H](C2)N(C)C3)cc1.O=CO. The first-order chi connectivity index (χ1) is 12.1. The molecule has 2 heterocycles. The van der Waals surface area contributed by atoms with Crippen LogP contribution in [0, 0.1) is 5.92 Å². The molecule has 1 aromatic carbocycles. The maximum atomic E-state index is 12.7. The molecule has 0 radical (unpaired) electrons. The second kappa shape index (κ2) is 9.53. The molecule has 2 aliphatic heterocycles. The summed E-state index contributed by atoms with van der Waals surface area (Å²) in [6, 6.07) is 8.76. The standard InChI is InChI=1S/C18H26N2O2.CH2O2/c1-3-14-4-6-15(7-5-14)8-18(21)20-10-16-9-19(2)17(11-20)13-22-12-16;2-1-3/h4-7,16-17H,3,8-13H2,1-2H3;1H,(H,2,3)/t16-,17+;/m1./s1. The van der Waals surface area contributed by atoms with Crippen LogP contribution in [0.25, 0.3) is 0 Å². The van der Waals surface area contributed by atoms with E-state index in [1.54, 1.807) is 0 Å². The maximum absolute atomic E-state index is 12.7. The zero-order valence-electron chi connectivity index (χ0n) is 15.1. The van der Waals surface area contributed by atoms with Crippen molar-refractivity contribution in [1.82, 2.24) is 9.80 Å². The van der Waals surface area contributed by atoms with Crippen molar-refractivity contribution in [3.05, 3.63) is 35.4 Å². The largest absolute Gasteiger partial charge is 0.483 e. The number of fused-ring (bicyclic) bond motifs is 3. The molecule has 2 fully saturated rings. The van der Waals surface area contributed by atoms with E-state index in [1.165, 1.54) is 5.56 Å². The van der Waals surface area contributed by atoms with E-state index in [0.29, 0.717) is 18.4 Å². The molecule has 138 valence electrons. The number of amides is 1. The van der Waals surface area contributed by atoms with Gasteiger partial charge in [0.25, 0.3) is 6.47 Å². The van der Waals surface area contributed by atoms with Gasteiger partial charge in [-0.25, -0.2) is 0 Å². The first-order valence-corrected chi connectivity index (χ1v) is 8.78. The highest BCUT2D eigenvalue weighted by Crippen LogP contribution is 2.19. The van der Waals surface area contributed by atoms with Crippen molar-refractivity contribution in [2.45, 2.75) is 25.8 Å². The molecule has 2 bridgehead atoms. The molecular weight excluding hydrogens is 320 g/mol. The van der Waals surface area contributed by atoms with Gasteiger partial charge in [0.15, 0.2) is 0 Å². The van der Waals surface area contributed by atoms with Gasteiger partial charge in [0.05, 0.1) is 25.7 Å². The Morgan fingerprint density at radius 1 is 1.20 bits per heavy atom. The Balaban J connectivity index is 0.000000701. The smallest absolute Gasteiger partial charge is 0.290 e. The summed E-state index contributed by atoms with van der Waals surface area (Å²) in [5.74, 6) is 0.681. The molecular formula is C19H28N2O4. The molecule has 0 unspecified atom stereocenters. The van der Waals surface area contributed by atoms with Crippen LogP contribution >= 0.6 is 0 Å². The van der Waals surface area contributed by atoms with Crippen LogP contribution in [0.5, 0.6) is 0 Å². The van der Waals surface area contributed by atoms with Crippen molar-refractivity contribution >= 4 is 12.4 Å². The van der Waals surface area contributed by atoms with E-state index >= 15 is 0 Å². The fourth-order valence-electron chi connectivity index (χ4n) is 3.43. The van der Waals surface area contributed by atoms with Gasteiger partial charge in [-0.1, -0.05) is 31.2 Å². The predicted molar refractivity (Wildman–Crippen MR) is 95.5 cm³/mol. The number of ether oxygens (including phenoxy) is 1. The molecule has 0 saturated carbocycles. The Bertz CT molecular complexity index is 561. The number of hydrogen-bond donors (Lipinski definition) is 1. The van der Waals surface area contributed by atoms with Gasteiger partial charge in [-0.2, -0.15) is 0 Å². The van der Waals surface area contributed by atoms with Crippen LogP contribution in [-0.4, -0.2) is 73.2 Å². The highest BCUT2D eigenvalue weighted by atomic mass is 16.5. The minimum absolute atomic E-state index is 0.247. The molecule has 0 aliphatic carbocycles. The number of carbonyl (C=O) groups excluding carboxylic acids is 1. The van der Waals surface area contributed by atoms with Crippen molar-refractivity contribution in [2.75, 3.05) is 39.9 Å². The average Bonchev–Trinajstić information content (AvgIpc) is 2.85. The van der Waals surface area contributed by atoms with Gasteiger partial charge in [-0.15, -0.1) is 0 Å². The Morgan fingerprint density at radius 2 is 1.84 bits per heavy atom. The highest BCUT2D eigenvalue weighted by molar-refractivity contribution is 5.79. The number of rotatable bonds is 3. The average molecular weight is 348 g/mol. The lowest BCUT2D eigenvalue weighted by molar-refractivity contribution is -0.132. The summed E-state index contributed by atoms with van der Waals surface area (Å²) in [5, 5.41) is 6.89. The van der Waals surface area contributed by atoms with Crippen LogP contribution in [0.1, 0.15) is 18.1 Å². The Hall–Kier alpha value is -1.92. The third-order valence-electron chi connectivity index (χ3n) is 4.88. The molecule has 25 heavy (non-hydrogen) atoms. The van der Waals surface area contributed by atoms with Gasteiger partial charge < -0.3 is 14.7 Å². The normalized spacial score (nSPS) is 23.2. The molecule has 2 atom stereocenters. The van der Waals surface area contributed by atoms with Gasteiger partial charge in [0, 0.05) is 25.6 Å². The summed E-state index contributed by atoms with van der Waals surface area (Å²) in [6.45, 7) is 6.05. The summed E-state index contributed by atoms with van der Waals surface area (Å²) in [7, 11) is 2.14. The summed E-state index contributed by atoms with van der Waals surface area (Å²) in [6.07, 6.45) is 1.55. The molecule has 6 nitrogen and oxygen atoms in total. The van der Waals surface area contributed by atoms with E-state index in [2.05, 4.69) is 48.0 Å². The lowest BCUT2D eigenvalue weighted by Crippen LogP contribution is -2.45. The quantitative estimate of drug-likeness (QED) is 0.834. The van der Waals surface area contributed by atoms with E-state index < -0.39 is 0 Å². The lowest BCUT2D eigenvalue weighted by Gasteiger charge is -2.29. The van der Waals surface area contributed by atoms with Crippen molar-refractivity contribution in [2.24, 2.45) is 5.92 Å². The minimum Gasteiger partial charge on any atom is -0.483 e. The van der Waals surface area contributed by atoms with Gasteiger partial charge in [-0.3, -0.25) is 14.5 Å². The first-order valence-electron chi connectivity index (χ1n) is 8.78. The molecule has 1 amide bonds. The predicted octanol–water partition coefficient (Wildman–Crippen LogP) is 1.28. The Morgan fingerprint density at radius 3 is 2.48 bits per heavy atom. The van der Waals surface area contributed by atoms with Gasteiger partial charge >= 0.3 is 0 Å². The molecule has 3 rings (SSSR count). The molecule has 1 N–H and O–H groups in total. The topological polar surface area (TPSA) is 70.1 Å². The highest BCUT2D eigenvalue weighted by Gasteiger charge is 2.33. The van der Waals surface area contributed by atoms with Crippen LogP contribution in [0.4, 0.5) is 0 Å². The van der Waals surface area contributed by atoms with Crippen LogP contribution < -0.4 is 0 Å². The summed E-state index contributed by atoms with van der Waals surface area (Å²) >= 11 is 0. The molecule has 2 saturated heterocycles. The second-order valence-corrected chi connectivity index (χ2v) is 6.75. The fraction of sp³-hybridized carbons (Fsp3) is 0.579. The van der Waals surface area contributed by atoms with E-state index in [-0.39, 0.29) is 12.4 Å². The van der Waals surface area contributed by atoms with Crippen LogP contribution in [0.15, 0.2) is 24.3 Å². The van der Waals surface area contributed by atoms with Gasteiger partial charge in [0.2, 0.25) is 5.91 Å².